The fourth-order valence-corrected chi connectivity index (χ4v) is 2.21. The summed E-state index contributed by atoms with van der Waals surface area (Å²) in [7, 11) is 0. The predicted molar refractivity (Wildman–Crippen MR) is 62.8 cm³/mol. The number of nitrogens with zero attached hydrogens (tertiary/aromatic N) is 2. The van der Waals surface area contributed by atoms with Crippen molar-refractivity contribution in [2.24, 2.45) is 0 Å². The molecule has 1 N–H and O–H groups in total. The van der Waals surface area contributed by atoms with Gasteiger partial charge in [0.05, 0.1) is 11.4 Å². The summed E-state index contributed by atoms with van der Waals surface area (Å²) >= 11 is 0. The normalized spacial score (nSPS) is 14.3. The number of hydrogen-bond donors (Lipinski definition) is 1. The molecule has 2 heterocycles. The van der Waals surface area contributed by atoms with Gasteiger partial charge in [0.15, 0.2) is 17.5 Å². The number of hydrogen-bond acceptors (Lipinski definition) is 3. The van der Waals surface area contributed by atoms with E-state index in [4.69, 9.17) is 0 Å². The van der Waals surface area contributed by atoms with Crippen LogP contribution in [0.25, 0.3) is 11.3 Å². The fourth-order valence-electron chi connectivity index (χ4n) is 2.21. The second kappa shape index (κ2) is 4.62. The van der Waals surface area contributed by atoms with E-state index in [9.17, 15) is 13.2 Å². The standard InChI is InChI=1S/C13H10F3N3/c14-9-2-1-7(11(15)12(9)16)13-8-5-17-4-3-10(8)18-6-19-13/h1-2,6,17H,3-5H2. The summed E-state index contributed by atoms with van der Waals surface area (Å²) < 4.78 is 40.1. The molecule has 0 saturated heterocycles. The van der Waals surface area contributed by atoms with Gasteiger partial charge in [0.1, 0.15) is 6.33 Å². The minimum atomic E-state index is -1.48. The summed E-state index contributed by atoms with van der Waals surface area (Å²) in [5.74, 6) is -3.90. The average molecular weight is 265 g/mol. The van der Waals surface area contributed by atoms with E-state index in [2.05, 4.69) is 15.3 Å². The van der Waals surface area contributed by atoms with Crippen LogP contribution in [0.3, 0.4) is 0 Å². The van der Waals surface area contributed by atoms with Crippen LogP contribution in [0.2, 0.25) is 0 Å². The lowest BCUT2D eigenvalue weighted by Crippen LogP contribution is -2.25. The minimum absolute atomic E-state index is 0.0405. The van der Waals surface area contributed by atoms with Gasteiger partial charge in [-0.3, -0.25) is 0 Å². The number of nitrogens with one attached hydrogen (secondary N) is 1. The third kappa shape index (κ3) is 1.98. The van der Waals surface area contributed by atoms with E-state index >= 15 is 0 Å². The van der Waals surface area contributed by atoms with Crippen molar-refractivity contribution in [3.05, 3.63) is 47.2 Å². The van der Waals surface area contributed by atoms with Crippen molar-refractivity contribution in [2.45, 2.75) is 13.0 Å². The highest BCUT2D eigenvalue weighted by molar-refractivity contribution is 5.64. The Morgan fingerprint density at radius 3 is 2.74 bits per heavy atom. The van der Waals surface area contributed by atoms with Gasteiger partial charge in [-0.2, -0.15) is 0 Å². The van der Waals surface area contributed by atoms with Crippen LogP contribution in [0.1, 0.15) is 11.3 Å². The summed E-state index contributed by atoms with van der Waals surface area (Å²) in [6.07, 6.45) is 2.02. The minimum Gasteiger partial charge on any atom is -0.312 e. The highest BCUT2D eigenvalue weighted by Gasteiger charge is 2.21. The Balaban J connectivity index is 2.20. The van der Waals surface area contributed by atoms with Crippen molar-refractivity contribution in [1.29, 1.82) is 0 Å². The van der Waals surface area contributed by atoms with Crippen molar-refractivity contribution in [1.82, 2.24) is 15.3 Å². The lowest BCUT2D eigenvalue weighted by Gasteiger charge is -2.18. The molecule has 2 aromatic rings. The van der Waals surface area contributed by atoms with Gasteiger partial charge in [-0.05, 0) is 12.1 Å². The predicted octanol–water partition coefficient (Wildman–Crippen LogP) is 2.21. The van der Waals surface area contributed by atoms with Crippen LogP contribution in [-0.4, -0.2) is 16.5 Å². The van der Waals surface area contributed by atoms with Crippen LogP contribution in [0, 0.1) is 17.5 Å². The molecule has 19 heavy (non-hydrogen) atoms. The zero-order chi connectivity index (χ0) is 13.4. The maximum atomic E-state index is 13.8. The lowest BCUT2D eigenvalue weighted by molar-refractivity contribution is 0.448. The van der Waals surface area contributed by atoms with E-state index in [-0.39, 0.29) is 5.56 Å². The number of rotatable bonds is 1. The molecule has 0 amide bonds. The molecule has 0 radical (unpaired) electrons. The molecule has 0 bridgehead atoms. The quantitative estimate of drug-likeness (QED) is 0.803. The van der Waals surface area contributed by atoms with Gasteiger partial charge in [0.2, 0.25) is 0 Å². The summed E-state index contributed by atoms with van der Waals surface area (Å²) in [6.45, 7) is 1.27. The Labute approximate surface area is 107 Å². The molecule has 1 aliphatic rings. The molecular formula is C13H10F3N3. The largest absolute Gasteiger partial charge is 0.312 e. The first-order chi connectivity index (χ1) is 9.18. The molecule has 1 aliphatic heterocycles. The zero-order valence-electron chi connectivity index (χ0n) is 9.88. The van der Waals surface area contributed by atoms with Gasteiger partial charge in [-0.25, -0.2) is 23.1 Å². The molecule has 6 heteroatoms. The Morgan fingerprint density at radius 2 is 1.89 bits per heavy atom. The molecule has 0 spiro atoms. The third-order valence-corrected chi connectivity index (χ3v) is 3.17. The topological polar surface area (TPSA) is 37.8 Å². The molecule has 3 rings (SSSR count). The van der Waals surface area contributed by atoms with Crippen molar-refractivity contribution < 1.29 is 13.2 Å². The molecule has 0 fully saturated rings. The van der Waals surface area contributed by atoms with E-state index in [1.54, 1.807) is 0 Å². The molecule has 1 aromatic heterocycles. The second-order valence-electron chi connectivity index (χ2n) is 4.30. The molecule has 1 aromatic carbocycles. The van der Waals surface area contributed by atoms with Gasteiger partial charge in [-0.15, -0.1) is 0 Å². The molecule has 3 nitrogen and oxygen atoms in total. The van der Waals surface area contributed by atoms with Crippen LogP contribution in [-0.2, 0) is 13.0 Å². The molecule has 0 unspecified atom stereocenters. The molecule has 0 saturated carbocycles. The molecular weight excluding hydrogens is 255 g/mol. The van der Waals surface area contributed by atoms with E-state index in [1.165, 1.54) is 12.4 Å². The highest BCUT2D eigenvalue weighted by Crippen LogP contribution is 2.29. The summed E-state index contributed by atoms with van der Waals surface area (Å²) in [5.41, 5.74) is 1.82. The maximum absolute atomic E-state index is 13.8. The van der Waals surface area contributed by atoms with Crippen molar-refractivity contribution in [3.63, 3.8) is 0 Å². The van der Waals surface area contributed by atoms with E-state index in [0.717, 1.165) is 23.9 Å². The first-order valence-corrected chi connectivity index (χ1v) is 5.86. The van der Waals surface area contributed by atoms with Crippen LogP contribution in [0.5, 0.6) is 0 Å². The van der Waals surface area contributed by atoms with Gasteiger partial charge in [0, 0.05) is 30.6 Å². The van der Waals surface area contributed by atoms with Crippen LogP contribution in [0.15, 0.2) is 18.5 Å². The number of fused-ring (bicyclic) bond motifs is 1. The Bertz CT molecular complexity index is 643. The van der Waals surface area contributed by atoms with Crippen LogP contribution in [0.4, 0.5) is 13.2 Å². The van der Waals surface area contributed by atoms with Crippen LogP contribution < -0.4 is 5.32 Å². The van der Waals surface area contributed by atoms with Crippen molar-refractivity contribution in [2.75, 3.05) is 6.54 Å². The van der Waals surface area contributed by atoms with Gasteiger partial charge < -0.3 is 5.32 Å². The lowest BCUT2D eigenvalue weighted by atomic mass is 10.00. The molecule has 0 atom stereocenters. The molecule has 0 aliphatic carbocycles. The first kappa shape index (κ1) is 12.1. The number of benzene rings is 1. The van der Waals surface area contributed by atoms with E-state index < -0.39 is 17.5 Å². The maximum Gasteiger partial charge on any atom is 0.195 e. The Kier molecular flexibility index (Phi) is 2.94. The summed E-state index contributed by atoms with van der Waals surface area (Å²) in [4.78, 5) is 8.15. The first-order valence-electron chi connectivity index (χ1n) is 5.86. The Hall–Kier alpha value is -1.95. The van der Waals surface area contributed by atoms with E-state index in [1.807, 2.05) is 0 Å². The van der Waals surface area contributed by atoms with Gasteiger partial charge >= 0.3 is 0 Å². The van der Waals surface area contributed by atoms with Gasteiger partial charge in [-0.1, -0.05) is 0 Å². The smallest absolute Gasteiger partial charge is 0.195 e. The SMILES string of the molecule is Fc1ccc(-c2ncnc3c2CNCC3)c(F)c1F. The van der Waals surface area contributed by atoms with Crippen molar-refractivity contribution >= 4 is 0 Å². The monoisotopic (exact) mass is 265 g/mol. The Morgan fingerprint density at radius 1 is 1.05 bits per heavy atom. The van der Waals surface area contributed by atoms with Gasteiger partial charge in [0.25, 0.3) is 0 Å². The van der Waals surface area contributed by atoms with Crippen molar-refractivity contribution in [3.8, 4) is 11.3 Å². The summed E-state index contributed by atoms with van der Waals surface area (Å²) in [5, 5.41) is 3.13. The fraction of sp³-hybridized carbons (Fsp3) is 0.231. The average Bonchev–Trinajstić information content (AvgIpc) is 2.45. The summed E-state index contributed by atoms with van der Waals surface area (Å²) in [6, 6.07) is 2.10. The number of aromatic nitrogens is 2. The third-order valence-electron chi connectivity index (χ3n) is 3.17. The van der Waals surface area contributed by atoms with Crippen LogP contribution >= 0.6 is 0 Å². The zero-order valence-corrected chi connectivity index (χ0v) is 9.88. The van der Waals surface area contributed by atoms with E-state index in [0.29, 0.717) is 18.7 Å². The molecule has 98 valence electrons. The second-order valence-corrected chi connectivity index (χ2v) is 4.30. The highest BCUT2D eigenvalue weighted by atomic mass is 19.2. The number of halogens is 3.